The molecular formula is C45H44Zr. The zero-order valence-electron chi connectivity index (χ0n) is 28.5. The maximum absolute atomic E-state index is 2.78. The van der Waals surface area contributed by atoms with Crippen molar-refractivity contribution in [3.05, 3.63) is 157 Å². The Balaban J connectivity index is 1.43. The van der Waals surface area contributed by atoms with Crippen LogP contribution in [0.2, 0.25) is 0 Å². The van der Waals surface area contributed by atoms with Gasteiger partial charge in [-0.3, -0.25) is 0 Å². The topological polar surface area (TPSA) is 0 Å². The molecule has 0 bridgehead atoms. The van der Waals surface area contributed by atoms with Crippen molar-refractivity contribution in [1.82, 2.24) is 0 Å². The molecule has 0 spiro atoms. The van der Waals surface area contributed by atoms with Gasteiger partial charge in [0.2, 0.25) is 0 Å². The van der Waals surface area contributed by atoms with E-state index in [-0.39, 0.29) is 10.8 Å². The summed E-state index contributed by atoms with van der Waals surface area (Å²) in [4.78, 5) is 0. The van der Waals surface area contributed by atoms with Crippen molar-refractivity contribution in [1.29, 1.82) is 0 Å². The summed E-state index contributed by atoms with van der Waals surface area (Å²) in [5, 5.41) is 0. The van der Waals surface area contributed by atoms with Crippen molar-refractivity contribution >= 4 is 20.4 Å². The van der Waals surface area contributed by atoms with Crippen LogP contribution in [0, 0.1) is 5.92 Å². The Morgan fingerprint density at radius 3 is 1.65 bits per heavy atom. The zero-order valence-corrected chi connectivity index (χ0v) is 31.0. The molecule has 0 amide bonds. The van der Waals surface area contributed by atoms with Gasteiger partial charge in [0, 0.05) is 0 Å². The van der Waals surface area contributed by atoms with Crippen molar-refractivity contribution in [2.75, 3.05) is 0 Å². The van der Waals surface area contributed by atoms with Crippen molar-refractivity contribution in [3.8, 4) is 11.1 Å². The molecule has 1 heteroatoms. The van der Waals surface area contributed by atoms with Crippen LogP contribution in [0.4, 0.5) is 0 Å². The van der Waals surface area contributed by atoms with Gasteiger partial charge in [-0.15, -0.1) is 0 Å². The molecule has 228 valence electrons. The molecule has 0 saturated heterocycles. The fourth-order valence-corrected chi connectivity index (χ4v) is 17.8. The van der Waals surface area contributed by atoms with E-state index < -0.39 is 21.3 Å². The third kappa shape index (κ3) is 4.52. The predicted molar refractivity (Wildman–Crippen MR) is 195 cm³/mol. The SMILES string of the molecule is CC1=CC(C)(C)c2cc3c(cc21)-c1cc2c(cc1[CH]3[Zr](=[CH]c1ccccc1)[C]1=C(C)C(c3ccccc3)=CC1C)C(C)(C)C=C2C. The minimum absolute atomic E-state index is 0.0430. The first-order valence-corrected chi connectivity index (χ1v) is 21.0. The van der Waals surface area contributed by atoms with E-state index in [0.29, 0.717) is 9.54 Å². The van der Waals surface area contributed by atoms with E-state index in [1.807, 2.05) is 0 Å². The Bertz CT molecular complexity index is 2020. The summed E-state index contributed by atoms with van der Waals surface area (Å²) in [6.45, 7) is 19.1. The number of allylic oxidation sites excluding steroid dienone is 8. The van der Waals surface area contributed by atoms with Crippen LogP contribution in [0.25, 0.3) is 27.8 Å². The molecule has 0 N–H and O–H groups in total. The van der Waals surface area contributed by atoms with Crippen LogP contribution >= 0.6 is 0 Å². The van der Waals surface area contributed by atoms with Crippen LogP contribution < -0.4 is 0 Å². The molecule has 46 heavy (non-hydrogen) atoms. The van der Waals surface area contributed by atoms with Gasteiger partial charge in [-0.05, 0) is 0 Å². The van der Waals surface area contributed by atoms with Crippen LogP contribution in [0.3, 0.4) is 0 Å². The monoisotopic (exact) mass is 674 g/mol. The summed E-state index contributed by atoms with van der Waals surface area (Å²) in [5.41, 5.74) is 20.6. The Morgan fingerprint density at radius 2 is 1.13 bits per heavy atom. The molecule has 0 fully saturated rings. The van der Waals surface area contributed by atoms with E-state index >= 15 is 0 Å². The normalized spacial score (nSPS) is 20.7. The number of rotatable bonds is 4. The van der Waals surface area contributed by atoms with Crippen LogP contribution in [0.15, 0.2) is 112 Å². The molecule has 1 atom stereocenters. The van der Waals surface area contributed by atoms with Crippen LogP contribution in [0.5, 0.6) is 0 Å². The molecule has 0 radical (unpaired) electrons. The second-order valence-electron chi connectivity index (χ2n) is 15.3. The Kier molecular flexibility index (Phi) is 6.87. The quantitative estimate of drug-likeness (QED) is 0.202. The molecule has 1 unspecified atom stereocenters. The molecule has 0 heterocycles. The van der Waals surface area contributed by atoms with Gasteiger partial charge >= 0.3 is 285 Å². The van der Waals surface area contributed by atoms with Crippen molar-refractivity contribution in [2.24, 2.45) is 5.92 Å². The fraction of sp³-hybridized carbons (Fsp3) is 0.267. The third-order valence-electron chi connectivity index (χ3n) is 11.2. The Hall–Kier alpha value is -3.41. The summed E-state index contributed by atoms with van der Waals surface area (Å²) < 4.78 is 4.96. The Morgan fingerprint density at radius 1 is 0.630 bits per heavy atom. The number of benzene rings is 4. The van der Waals surface area contributed by atoms with E-state index in [0.717, 1.165) is 0 Å². The number of hydrogen-bond donors (Lipinski definition) is 0. The Labute approximate surface area is 283 Å². The van der Waals surface area contributed by atoms with E-state index in [9.17, 15) is 0 Å². The van der Waals surface area contributed by atoms with Crippen LogP contribution in [-0.2, 0) is 32.1 Å². The van der Waals surface area contributed by atoms with Crippen molar-refractivity contribution in [3.63, 3.8) is 0 Å². The molecular weight excluding hydrogens is 632 g/mol. The van der Waals surface area contributed by atoms with Gasteiger partial charge in [0.25, 0.3) is 0 Å². The van der Waals surface area contributed by atoms with E-state index in [1.54, 1.807) is 14.4 Å². The zero-order chi connectivity index (χ0) is 32.1. The molecule has 4 aromatic carbocycles. The molecule has 4 aliphatic rings. The second-order valence-corrected chi connectivity index (χ2v) is 21.0. The van der Waals surface area contributed by atoms with Gasteiger partial charge in [-0.1, -0.05) is 0 Å². The average molecular weight is 676 g/mol. The van der Waals surface area contributed by atoms with Gasteiger partial charge in [-0.2, -0.15) is 0 Å². The maximum atomic E-state index is 2.78. The predicted octanol–water partition coefficient (Wildman–Crippen LogP) is 11.6. The van der Waals surface area contributed by atoms with E-state index in [4.69, 9.17) is 0 Å². The standard InChI is InChI=1S/C25H25.C13H13.C7H6.Zr/c1-14-12-24(3,4)22-8-16-7-17-9-23-19(15(2)13-25(23,5)6)11-21(17)20(16)10-18(14)22;1-10-8-11(2)13(9-10)12-6-4-3-5-7-12;1-7-5-3-2-4-6-7;/h7-13H,1-6H3;3-7,9-10H,1-2H3;1-6H;. The first-order chi connectivity index (χ1) is 21.9. The minimum atomic E-state index is -2.66. The van der Waals surface area contributed by atoms with Crippen LogP contribution in [0.1, 0.15) is 104 Å². The molecule has 0 nitrogen and oxygen atoms in total. The summed E-state index contributed by atoms with van der Waals surface area (Å²) in [7, 11) is 0. The van der Waals surface area contributed by atoms with Gasteiger partial charge in [0.1, 0.15) is 0 Å². The van der Waals surface area contributed by atoms with E-state index in [1.165, 1.54) is 66.8 Å². The van der Waals surface area contributed by atoms with Gasteiger partial charge in [0.05, 0.1) is 0 Å². The molecule has 4 aliphatic carbocycles. The van der Waals surface area contributed by atoms with Gasteiger partial charge < -0.3 is 0 Å². The number of hydrogen-bond acceptors (Lipinski definition) is 0. The van der Waals surface area contributed by atoms with Gasteiger partial charge in [0.15, 0.2) is 0 Å². The van der Waals surface area contributed by atoms with Crippen LogP contribution in [-0.4, -0.2) is 3.71 Å². The molecule has 0 saturated carbocycles. The average Bonchev–Trinajstić information content (AvgIpc) is 3.66. The fourth-order valence-electron chi connectivity index (χ4n) is 9.19. The molecule has 0 aromatic heterocycles. The molecule has 0 aliphatic heterocycles. The van der Waals surface area contributed by atoms with E-state index in [2.05, 4.69) is 162 Å². The van der Waals surface area contributed by atoms with Crippen molar-refractivity contribution < 1.29 is 21.3 Å². The summed E-state index contributed by atoms with van der Waals surface area (Å²) in [6, 6.07) is 32.8. The summed E-state index contributed by atoms with van der Waals surface area (Å²) >= 11 is -2.66. The molecule has 8 rings (SSSR count). The summed E-state index contributed by atoms with van der Waals surface area (Å²) in [6.07, 6.45) is 7.53. The number of fused-ring (bicyclic) bond motifs is 5. The molecule has 4 aromatic rings. The second kappa shape index (κ2) is 10.6. The first kappa shape index (κ1) is 30.0. The third-order valence-corrected chi connectivity index (χ3v) is 19.4. The summed E-state index contributed by atoms with van der Waals surface area (Å²) in [5.74, 6) is 0.432. The van der Waals surface area contributed by atoms with Crippen molar-refractivity contribution in [2.45, 2.75) is 69.8 Å². The van der Waals surface area contributed by atoms with Gasteiger partial charge in [-0.25, -0.2) is 0 Å². The first-order valence-electron chi connectivity index (χ1n) is 17.0.